The first kappa shape index (κ1) is 5.27. The number of hydrogen-bond donors (Lipinski definition) is 1. The standard InChI is InChI=1S/C7H11NO/c1-7-2-5(7)4-8-6(9)3-7/h5H,2-4H2,1H3,(H,8,9)/t5-,7-/m1/s1. The van der Waals surface area contributed by atoms with E-state index < -0.39 is 0 Å². The molecule has 0 bridgehead atoms. The summed E-state index contributed by atoms with van der Waals surface area (Å²) in [4.78, 5) is 10.8. The molecule has 2 aliphatic rings. The third kappa shape index (κ3) is 0.655. The predicted molar refractivity (Wildman–Crippen MR) is 33.8 cm³/mol. The van der Waals surface area contributed by atoms with Crippen molar-refractivity contribution in [1.82, 2.24) is 5.32 Å². The first-order chi connectivity index (χ1) is 4.21. The van der Waals surface area contributed by atoms with Crippen molar-refractivity contribution < 1.29 is 4.79 Å². The van der Waals surface area contributed by atoms with Crippen molar-refractivity contribution >= 4 is 5.91 Å². The van der Waals surface area contributed by atoms with Crippen LogP contribution in [0.4, 0.5) is 0 Å². The van der Waals surface area contributed by atoms with Gasteiger partial charge in [-0.25, -0.2) is 0 Å². The van der Waals surface area contributed by atoms with E-state index in [1.54, 1.807) is 0 Å². The largest absolute Gasteiger partial charge is 0.356 e. The van der Waals surface area contributed by atoms with E-state index in [-0.39, 0.29) is 5.91 Å². The molecule has 0 aromatic heterocycles. The zero-order valence-electron chi connectivity index (χ0n) is 5.61. The van der Waals surface area contributed by atoms with Crippen LogP contribution in [0.5, 0.6) is 0 Å². The lowest BCUT2D eigenvalue weighted by molar-refractivity contribution is -0.123. The normalized spacial score (nSPS) is 47.7. The Morgan fingerprint density at radius 1 is 1.78 bits per heavy atom. The van der Waals surface area contributed by atoms with Gasteiger partial charge in [0, 0.05) is 13.0 Å². The molecule has 1 N–H and O–H groups in total. The maximum Gasteiger partial charge on any atom is 0.220 e. The number of nitrogens with one attached hydrogen (secondary N) is 1. The highest BCUT2D eigenvalue weighted by atomic mass is 16.1. The molecule has 0 aromatic rings. The van der Waals surface area contributed by atoms with Crippen LogP contribution < -0.4 is 5.32 Å². The molecule has 2 rings (SSSR count). The molecule has 0 spiro atoms. The molecule has 50 valence electrons. The fraction of sp³-hybridized carbons (Fsp3) is 0.857. The van der Waals surface area contributed by atoms with E-state index in [0.29, 0.717) is 5.41 Å². The summed E-state index contributed by atoms with van der Waals surface area (Å²) in [6.45, 7) is 3.13. The van der Waals surface area contributed by atoms with Crippen molar-refractivity contribution in [3.8, 4) is 0 Å². The first-order valence-corrected chi connectivity index (χ1v) is 3.47. The van der Waals surface area contributed by atoms with Crippen LogP contribution in [-0.2, 0) is 4.79 Å². The molecule has 1 amide bonds. The third-order valence-corrected chi connectivity index (χ3v) is 2.65. The Labute approximate surface area is 54.6 Å². The maximum absolute atomic E-state index is 10.8. The summed E-state index contributed by atoms with van der Waals surface area (Å²) in [5, 5.41) is 2.86. The molecular weight excluding hydrogens is 114 g/mol. The number of carbonyl (C=O) groups excluding carboxylic acids is 1. The van der Waals surface area contributed by atoms with Crippen LogP contribution in [-0.4, -0.2) is 12.5 Å². The first-order valence-electron chi connectivity index (χ1n) is 3.47. The van der Waals surface area contributed by atoms with E-state index in [9.17, 15) is 4.79 Å². The van der Waals surface area contributed by atoms with Crippen molar-refractivity contribution in [3.05, 3.63) is 0 Å². The van der Waals surface area contributed by atoms with Gasteiger partial charge in [-0.05, 0) is 17.8 Å². The molecule has 2 nitrogen and oxygen atoms in total. The highest BCUT2D eigenvalue weighted by Gasteiger charge is 2.53. The van der Waals surface area contributed by atoms with E-state index in [0.717, 1.165) is 18.9 Å². The molecule has 2 heteroatoms. The van der Waals surface area contributed by atoms with Gasteiger partial charge in [0.1, 0.15) is 0 Å². The van der Waals surface area contributed by atoms with Crippen molar-refractivity contribution in [2.45, 2.75) is 19.8 Å². The second-order valence-electron chi connectivity index (χ2n) is 3.54. The van der Waals surface area contributed by atoms with Crippen molar-refractivity contribution in [1.29, 1.82) is 0 Å². The molecule has 1 aliphatic heterocycles. The number of rotatable bonds is 0. The van der Waals surface area contributed by atoms with E-state index in [1.807, 2.05) is 0 Å². The zero-order chi connectivity index (χ0) is 6.48. The number of hydrogen-bond acceptors (Lipinski definition) is 1. The predicted octanol–water partition coefficient (Wildman–Crippen LogP) is 0.532. The van der Waals surface area contributed by atoms with Gasteiger partial charge in [0.2, 0.25) is 5.91 Å². The summed E-state index contributed by atoms with van der Waals surface area (Å²) in [5.41, 5.74) is 0.405. The zero-order valence-corrected chi connectivity index (χ0v) is 5.61. The van der Waals surface area contributed by atoms with Gasteiger partial charge in [-0.3, -0.25) is 4.79 Å². The summed E-state index contributed by atoms with van der Waals surface area (Å²) in [6, 6.07) is 0. The molecule has 2 atom stereocenters. The van der Waals surface area contributed by atoms with Crippen LogP contribution in [0.2, 0.25) is 0 Å². The molecular formula is C7H11NO. The van der Waals surface area contributed by atoms with Gasteiger partial charge in [0.05, 0.1) is 0 Å². The van der Waals surface area contributed by atoms with Gasteiger partial charge in [0.15, 0.2) is 0 Å². The second kappa shape index (κ2) is 1.31. The summed E-state index contributed by atoms with van der Waals surface area (Å²) < 4.78 is 0. The molecule has 0 aromatic carbocycles. The van der Waals surface area contributed by atoms with Gasteiger partial charge in [0.25, 0.3) is 0 Å². The van der Waals surface area contributed by atoms with E-state index in [2.05, 4.69) is 12.2 Å². The molecule has 1 saturated carbocycles. The van der Waals surface area contributed by atoms with E-state index in [4.69, 9.17) is 0 Å². The number of fused-ring (bicyclic) bond motifs is 1. The monoisotopic (exact) mass is 125 g/mol. The van der Waals surface area contributed by atoms with E-state index >= 15 is 0 Å². The summed E-state index contributed by atoms with van der Waals surface area (Å²) >= 11 is 0. The van der Waals surface area contributed by atoms with Crippen LogP contribution >= 0.6 is 0 Å². The average Bonchev–Trinajstić information content (AvgIpc) is 2.38. The molecule has 0 radical (unpaired) electrons. The SMILES string of the molecule is C[C@@]12CC(=O)NC[C@H]1C2. The summed E-state index contributed by atoms with van der Waals surface area (Å²) in [7, 11) is 0. The lowest BCUT2D eigenvalue weighted by Gasteiger charge is -2.16. The average molecular weight is 125 g/mol. The number of carbonyl (C=O) groups is 1. The van der Waals surface area contributed by atoms with Crippen LogP contribution in [0.25, 0.3) is 0 Å². The number of amides is 1. The quantitative estimate of drug-likeness (QED) is 0.502. The van der Waals surface area contributed by atoms with Gasteiger partial charge in [-0.1, -0.05) is 6.92 Å². The van der Waals surface area contributed by atoms with Crippen LogP contribution in [0.3, 0.4) is 0 Å². The topological polar surface area (TPSA) is 29.1 Å². The second-order valence-corrected chi connectivity index (χ2v) is 3.54. The molecule has 1 aliphatic carbocycles. The lowest BCUT2D eigenvalue weighted by Crippen LogP contribution is -2.33. The lowest BCUT2D eigenvalue weighted by atomic mass is 9.99. The van der Waals surface area contributed by atoms with Gasteiger partial charge >= 0.3 is 0 Å². The molecule has 1 saturated heterocycles. The Hall–Kier alpha value is -0.530. The minimum absolute atomic E-state index is 0.242. The van der Waals surface area contributed by atoms with Gasteiger partial charge < -0.3 is 5.32 Å². The van der Waals surface area contributed by atoms with Crippen molar-refractivity contribution in [2.75, 3.05) is 6.54 Å². The summed E-state index contributed by atoms with van der Waals surface area (Å²) in [6.07, 6.45) is 2.02. The van der Waals surface area contributed by atoms with Crippen LogP contribution in [0.1, 0.15) is 19.8 Å². The maximum atomic E-state index is 10.8. The number of piperidine rings is 1. The Morgan fingerprint density at radius 2 is 2.56 bits per heavy atom. The van der Waals surface area contributed by atoms with Crippen molar-refractivity contribution in [2.24, 2.45) is 11.3 Å². The van der Waals surface area contributed by atoms with Gasteiger partial charge in [-0.2, -0.15) is 0 Å². The van der Waals surface area contributed by atoms with Gasteiger partial charge in [-0.15, -0.1) is 0 Å². The van der Waals surface area contributed by atoms with E-state index in [1.165, 1.54) is 6.42 Å². The smallest absolute Gasteiger partial charge is 0.220 e. The van der Waals surface area contributed by atoms with Crippen LogP contribution in [0.15, 0.2) is 0 Å². The van der Waals surface area contributed by atoms with Crippen molar-refractivity contribution in [3.63, 3.8) is 0 Å². The minimum atomic E-state index is 0.242. The third-order valence-electron chi connectivity index (χ3n) is 2.65. The molecule has 9 heavy (non-hydrogen) atoms. The molecule has 2 fully saturated rings. The molecule has 0 unspecified atom stereocenters. The minimum Gasteiger partial charge on any atom is -0.356 e. The highest BCUT2D eigenvalue weighted by Crippen LogP contribution is 2.55. The Balaban J connectivity index is 2.11. The summed E-state index contributed by atoms with van der Waals surface area (Å²) in [5.74, 6) is 1.04. The fourth-order valence-corrected chi connectivity index (χ4v) is 1.71. The van der Waals surface area contributed by atoms with Crippen LogP contribution in [0, 0.1) is 11.3 Å². The fourth-order valence-electron chi connectivity index (χ4n) is 1.71. The Morgan fingerprint density at radius 3 is 3.11 bits per heavy atom. The molecule has 1 heterocycles. The Kier molecular flexibility index (Phi) is 0.765. The highest BCUT2D eigenvalue weighted by molar-refractivity contribution is 5.78. The Bertz CT molecular complexity index is 166.